The van der Waals surface area contributed by atoms with Gasteiger partial charge in [-0.05, 0) is 12.5 Å². The van der Waals surface area contributed by atoms with Crippen molar-refractivity contribution in [3.05, 3.63) is 35.4 Å². The summed E-state index contributed by atoms with van der Waals surface area (Å²) < 4.78 is 0. The van der Waals surface area contributed by atoms with E-state index in [2.05, 4.69) is 0 Å². The third-order valence-electron chi connectivity index (χ3n) is 4.34. The number of aryl methyl sites for hydroxylation is 1. The van der Waals surface area contributed by atoms with Gasteiger partial charge in [-0.2, -0.15) is 0 Å². The molecule has 1 aromatic rings. The number of hydrogen-bond donors (Lipinski definition) is 0. The summed E-state index contributed by atoms with van der Waals surface area (Å²) in [7, 11) is 0. The van der Waals surface area contributed by atoms with Crippen molar-refractivity contribution in [2.75, 3.05) is 19.6 Å². The van der Waals surface area contributed by atoms with Crippen LogP contribution in [0.5, 0.6) is 0 Å². The molecule has 2 fully saturated rings. The summed E-state index contributed by atoms with van der Waals surface area (Å²) in [5.74, 6) is 0.192. The van der Waals surface area contributed by atoms with Crippen LogP contribution in [0.15, 0.2) is 24.3 Å². The first-order valence-electron chi connectivity index (χ1n) is 7.69. The number of likely N-dealkylation sites (tertiary alicyclic amines) is 2. The second-order valence-electron chi connectivity index (χ2n) is 6.23. The highest BCUT2D eigenvalue weighted by Crippen LogP contribution is 2.21. The van der Waals surface area contributed by atoms with E-state index in [4.69, 9.17) is 0 Å². The summed E-state index contributed by atoms with van der Waals surface area (Å²) in [5.41, 5.74) is 2.18. The molecule has 3 rings (SSSR count). The Morgan fingerprint density at radius 3 is 2.50 bits per heavy atom. The number of carbonyl (C=O) groups excluding carboxylic acids is 3. The second-order valence-corrected chi connectivity index (χ2v) is 6.23. The van der Waals surface area contributed by atoms with Crippen LogP contribution in [0.1, 0.15) is 24.0 Å². The lowest BCUT2D eigenvalue weighted by Gasteiger charge is -2.40. The lowest BCUT2D eigenvalue weighted by molar-refractivity contribution is -0.142. The predicted octanol–water partition coefficient (Wildman–Crippen LogP) is 1.14. The maximum atomic E-state index is 12.2. The standard InChI is InChI=1S/C17H20N2O3/c1-12-3-2-4-13(7-12)8-17(22)18-9-14(10-18)11-19-15(20)5-6-16(19)21/h2-4,7,14H,5-6,8-11H2,1H3. The van der Waals surface area contributed by atoms with Gasteiger partial charge in [0.2, 0.25) is 17.7 Å². The fraction of sp³-hybridized carbons (Fsp3) is 0.471. The summed E-state index contributed by atoms with van der Waals surface area (Å²) in [6, 6.07) is 7.96. The van der Waals surface area contributed by atoms with E-state index < -0.39 is 0 Å². The number of benzene rings is 1. The van der Waals surface area contributed by atoms with Crippen LogP contribution >= 0.6 is 0 Å². The Hall–Kier alpha value is -2.17. The molecule has 116 valence electrons. The SMILES string of the molecule is Cc1cccc(CC(=O)N2CC(CN3C(=O)CCC3=O)C2)c1. The lowest BCUT2D eigenvalue weighted by atomic mass is 9.98. The fourth-order valence-electron chi connectivity index (χ4n) is 3.08. The Morgan fingerprint density at radius 2 is 1.86 bits per heavy atom. The highest BCUT2D eigenvalue weighted by Gasteiger charge is 2.36. The van der Waals surface area contributed by atoms with Gasteiger partial charge in [-0.1, -0.05) is 29.8 Å². The Morgan fingerprint density at radius 1 is 1.18 bits per heavy atom. The van der Waals surface area contributed by atoms with Gasteiger partial charge < -0.3 is 4.90 Å². The summed E-state index contributed by atoms with van der Waals surface area (Å²) in [4.78, 5) is 38.5. The van der Waals surface area contributed by atoms with Crippen LogP contribution in [0.3, 0.4) is 0 Å². The fourth-order valence-corrected chi connectivity index (χ4v) is 3.08. The molecule has 5 nitrogen and oxygen atoms in total. The maximum Gasteiger partial charge on any atom is 0.229 e. The van der Waals surface area contributed by atoms with E-state index in [-0.39, 0.29) is 23.6 Å². The van der Waals surface area contributed by atoms with E-state index in [0.717, 1.165) is 11.1 Å². The smallest absolute Gasteiger partial charge is 0.229 e. The molecule has 22 heavy (non-hydrogen) atoms. The minimum atomic E-state index is -0.0745. The number of hydrogen-bond acceptors (Lipinski definition) is 3. The third-order valence-corrected chi connectivity index (χ3v) is 4.34. The highest BCUT2D eigenvalue weighted by molar-refractivity contribution is 6.01. The van der Waals surface area contributed by atoms with Crippen LogP contribution in [-0.2, 0) is 20.8 Å². The topological polar surface area (TPSA) is 57.7 Å². The van der Waals surface area contributed by atoms with E-state index in [1.54, 1.807) is 4.90 Å². The number of amides is 3. The highest BCUT2D eigenvalue weighted by atomic mass is 16.2. The average molecular weight is 300 g/mol. The largest absolute Gasteiger partial charge is 0.342 e. The van der Waals surface area contributed by atoms with Crippen molar-refractivity contribution in [2.24, 2.45) is 5.92 Å². The molecule has 0 unspecified atom stereocenters. The predicted molar refractivity (Wildman–Crippen MR) is 80.9 cm³/mol. The molecule has 0 aliphatic carbocycles. The van der Waals surface area contributed by atoms with E-state index in [1.807, 2.05) is 31.2 Å². The van der Waals surface area contributed by atoms with Crippen molar-refractivity contribution >= 4 is 17.7 Å². The van der Waals surface area contributed by atoms with Gasteiger partial charge >= 0.3 is 0 Å². The number of imide groups is 1. The quantitative estimate of drug-likeness (QED) is 0.784. The number of rotatable bonds is 4. The van der Waals surface area contributed by atoms with E-state index in [1.165, 1.54) is 4.90 Å². The minimum Gasteiger partial charge on any atom is -0.342 e. The van der Waals surface area contributed by atoms with Gasteiger partial charge in [0.05, 0.1) is 6.42 Å². The Labute approximate surface area is 129 Å². The van der Waals surface area contributed by atoms with Crippen molar-refractivity contribution in [1.82, 2.24) is 9.80 Å². The first kappa shape index (κ1) is 14.8. The van der Waals surface area contributed by atoms with Crippen LogP contribution in [0.2, 0.25) is 0 Å². The van der Waals surface area contributed by atoms with Crippen LogP contribution in [-0.4, -0.2) is 47.2 Å². The van der Waals surface area contributed by atoms with Crippen LogP contribution in [0, 0.1) is 12.8 Å². The number of nitrogens with zero attached hydrogens (tertiary/aromatic N) is 2. The molecular weight excluding hydrogens is 280 g/mol. The van der Waals surface area contributed by atoms with Crippen LogP contribution in [0.4, 0.5) is 0 Å². The lowest BCUT2D eigenvalue weighted by Crippen LogP contribution is -2.54. The molecule has 1 aromatic carbocycles. The molecule has 5 heteroatoms. The van der Waals surface area contributed by atoms with Crippen molar-refractivity contribution in [3.8, 4) is 0 Å². The molecule has 0 bridgehead atoms. The maximum absolute atomic E-state index is 12.2. The normalized spacial score (nSPS) is 18.8. The van der Waals surface area contributed by atoms with Gasteiger partial charge in [0, 0.05) is 38.4 Å². The molecule has 2 aliphatic heterocycles. The van der Waals surface area contributed by atoms with Crippen molar-refractivity contribution in [3.63, 3.8) is 0 Å². The summed E-state index contributed by atoms with van der Waals surface area (Å²) >= 11 is 0. The average Bonchev–Trinajstić information content (AvgIpc) is 2.73. The van der Waals surface area contributed by atoms with Crippen LogP contribution in [0.25, 0.3) is 0 Å². The molecule has 0 saturated carbocycles. The summed E-state index contributed by atoms with van der Waals surface area (Å²) in [5, 5.41) is 0. The van der Waals surface area contributed by atoms with Gasteiger partial charge in [-0.15, -0.1) is 0 Å². The van der Waals surface area contributed by atoms with Gasteiger partial charge in [0.15, 0.2) is 0 Å². The van der Waals surface area contributed by atoms with Crippen molar-refractivity contribution in [1.29, 1.82) is 0 Å². The molecular formula is C17H20N2O3. The molecule has 0 N–H and O–H groups in total. The zero-order chi connectivity index (χ0) is 15.7. The second kappa shape index (κ2) is 5.91. The first-order chi connectivity index (χ1) is 10.5. The molecule has 0 aromatic heterocycles. The molecule has 2 aliphatic rings. The first-order valence-corrected chi connectivity index (χ1v) is 7.69. The third kappa shape index (κ3) is 3.03. The van der Waals surface area contributed by atoms with Gasteiger partial charge in [0.1, 0.15) is 0 Å². The van der Waals surface area contributed by atoms with Crippen molar-refractivity contribution < 1.29 is 14.4 Å². The zero-order valence-corrected chi connectivity index (χ0v) is 12.7. The molecule has 2 saturated heterocycles. The van der Waals surface area contributed by atoms with E-state index >= 15 is 0 Å². The monoisotopic (exact) mass is 300 g/mol. The van der Waals surface area contributed by atoms with Crippen molar-refractivity contribution in [2.45, 2.75) is 26.2 Å². The zero-order valence-electron chi connectivity index (χ0n) is 12.7. The Bertz CT molecular complexity index is 604. The molecule has 0 radical (unpaired) electrons. The Kier molecular flexibility index (Phi) is 3.96. The van der Waals surface area contributed by atoms with Gasteiger partial charge in [-0.25, -0.2) is 0 Å². The Balaban J connectivity index is 1.47. The summed E-state index contributed by atoms with van der Waals surface area (Å²) in [6.07, 6.45) is 1.08. The van der Waals surface area contributed by atoms with E-state index in [9.17, 15) is 14.4 Å². The van der Waals surface area contributed by atoms with Gasteiger partial charge in [0.25, 0.3) is 0 Å². The molecule has 0 atom stereocenters. The number of carbonyl (C=O) groups is 3. The molecule has 0 spiro atoms. The molecule has 2 heterocycles. The van der Waals surface area contributed by atoms with Gasteiger partial charge in [-0.3, -0.25) is 19.3 Å². The minimum absolute atomic E-state index is 0.0745. The van der Waals surface area contributed by atoms with Crippen LogP contribution < -0.4 is 0 Å². The van der Waals surface area contributed by atoms with E-state index in [0.29, 0.717) is 38.9 Å². The molecule has 3 amide bonds. The summed E-state index contributed by atoms with van der Waals surface area (Å²) in [6.45, 7) is 3.76.